The molecule has 1 aromatic carbocycles. The fraction of sp³-hybridized carbons (Fsp3) is 0.312. The highest BCUT2D eigenvalue weighted by Crippen LogP contribution is 2.33. The molecule has 2 N–H and O–H groups in total. The second-order valence-corrected chi connectivity index (χ2v) is 6.61. The molecular weight excluding hydrogens is 362 g/mol. The smallest absolute Gasteiger partial charge is 0.326 e. The molecule has 0 bridgehead atoms. The van der Waals surface area contributed by atoms with Crippen LogP contribution in [0.5, 0.6) is 0 Å². The molecule has 1 aromatic heterocycles. The number of nitrogens with zero attached hydrogens (tertiary/aromatic N) is 2. The maximum atomic E-state index is 12.2. The predicted molar refractivity (Wildman–Crippen MR) is 87.5 cm³/mol. The maximum absolute atomic E-state index is 12.2. The topological polar surface area (TPSA) is 84.2 Å². The van der Waals surface area contributed by atoms with Crippen molar-refractivity contribution in [3.05, 3.63) is 46.7 Å². The highest BCUT2D eigenvalue weighted by atomic mass is 79.9. The standard InChI is InChI=1S/C16H16BrN3O3/c17-12-3-5-13(6-4-12)20-9-11(8-18-20)15(21)19-14(16(22)23)7-10-1-2-10/h3-6,8-10,14H,1-2,7H2,(H,19,21)(H,22,23). The van der Waals surface area contributed by atoms with Crippen LogP contribution in [0, 0.1) is 5.92 Å². The quantitative estimate of drug-likeness (QED) is 0.810. The van der Waals surface area contributed by atoms with E-state index in [2.05, 4.69) is 26.3 Å². The largest absolute Gasteiger partial charge is 0.480 e. The Bertz CT molecular complexity index is 722. The first-order valence-electron chi connectivity index (χ1n) is 7.37. The molecule has 1 amide bonds. The van der Waals surface area contributed by atoms with Gasteiger partial charge < -0.3 is 10.4 Å². The summed E-state index contributed by atoms with van der Waals surface area (Å²) < 4.78 is 2.54. The van der Waals surface area contributed by atoms with Crippen molar-refractivity contribution in [2.75, 3.05) is 0 Å². The Morgan fingerprint density at radius 1 is 1.35 bits per heavy atom. The first kappa shape index (κ1) is 15.7. The lowest BCUT2D eigenvalue weighted by Crippen LogP contribution is -2.41. The van der Waals surface area contributed by atoms with Crippen molar-refractivity contribution in [2.24, 2.45) is 5.92 Å². The first-order chi connectivity index (χ1) is 11.0. The minimum absolute atomic E-state index is 0.343. The molecule has 3 rings (SSSR count). The van der Waals surface area contributed by atoms with Crippen molar-refractivity contribution in [3.63, 3.8) is 0 Å². The van der Waals surface area contributed by atoms with Gasteiger partial charge in [-0.05, 0) is 36.6 Å². The molecule has 1 saturated carbocycles. The predicted octanol–water partition coefficient (Wildman–Crippen LogP) is 2.62. The van der Waals surface area contributed by atoms with E-state index >= 15 is 0 Å². The maximum Gasteiger partial charge on any atom is 0.326 e. The third-order valence-electron chi connectivity index (χ3n) is 3.81. The van der Waals surface area contributed by atoms with Crippen molar-refractivity contribution < 1.29 is 14.7 Å². The molecule has 1 aliphatic carbocycles. The molecule has 1 unspecified atom stereocenters. The number of aliphatic carboxylic acids is 1. The number of carboxylic acids is 1. The monoisotopic (exact) mass is 377 g/mol. The molecule has 1 atom stereocenters. The SMILES string of the molecule is O=C(NC(CC1CC1)C(=O)O)c1cnn(-c2ccc(Br)cc2)c1. The average Bonchev–Trinajstić information content (AvgIpc) is 3.20. The van der Waals surface area contributed by atoms with Crippen molar-refractivity contribution >= 4 is 27.8 Å². The minimum atomic E-state index is -0.995. The van der Waals surface area contributed by atoms with E-state index in [9.17, 15) is 14.7 Å². The Morgan fingerprint density at radius 3 is 2.65 bits per heavy atom. The van der Waals surface area contributed by atoms with Gasteiger partial charge in [-0.2, -0.15) is 5.10 Å². The van der Waals surface area contributed by atoms with Crippen LogP contribution in [0.3, 0.4) is 0 Å². The number of rotatable bonds is 6. The molecular formula is C16H16BrN3O3. The summed E-state index contributed by atoms with van der Waals surface area (Å²) in [5.41, 5.74) is 1.16. The van der Waals surface area contributed by atoms with Crippen molar-refractivity contribution in [2.45, 2.75) is 25.3 Å². The van der Waals surface area contributed by atoms with E-state index in [1.54, 1.807) is 10.9 Å². The van der Waals surface area contributed by atoms with Crippen LogP contribution in [0.4, 0.5) is 0 Å². The Labute approximate surface area is 141 Å². The number of benzene rings is 1. The van der Waals surface area contributed by atoms with Crippen LogP contribution >= 0.6 is 15.9 Å². The van der Waals surface area contributed by atoms with Crippen LogP contribution in [0.25, 0.3) is 5.69 Å². The summed E-state index contributed by atoms with van der Waals surface area (Å²) in [5.74, 6) is -0.992. The molecule has 7 heteroatoms. The van der Waals surface area contributed by atoms with Crippen molar-refractivity contribution in [1.82, 2.24) is 15.1 Å². The zero-order valence-electron chi connectivity index (χ0n) is 12.3. The Hall–Kier alpha value is -2.15. The van der Waals surface area contributed by atoms with E-state index < -0.39 is 17.9 Å². The second-order valence-electron chi connectivity index (χ2n) is 5.69. The average molecular weight is 378 g/mol. The van der Waals surface area contributed by atoms with Gasteiger partial charge in [-0.3, -0.25) is 4.79 Å². The third-order valence-corrected chi connectivity index (χ3v) is 4.33. The Morgan fingerprint density at radius 2 is 2.04 bits per heavy atom. The fourth-order valence-corrected chi connectivity index (χ4v) is 2.59. The number of hydrogen-bond acceptors (Lipinski definition) is 3. The van der Waals surface area contributed by atoms with Gasteiger partial charge in [-0.1, -0.05) is 28.8 Å². The number of carbonyl (C=O) groups excluding carboxylic acids is 1. The van der Waals surface area contributed by atoms with Gasteiger partial charge in [0.25, 0.3) is 5.91 Å². The summed E-state index contributed by atoms with van der Waals surface area (Å²) in [7, 11) is 0. The van der Waals surface area contributed by atoms with Crippen LogP contribution in [0.1, 0.15) is 29.6 Å². The molecule has 1 aliphatic rings. The number of halogens is 1. The van der Waals surface area contributed by atoms with Crippen LogP contribution in [0.2, 0.25) is 0 Å². The highest BCUT2D eigenvalue weighted by molar-refractivity contribution is 9.10. The van der Waals surface area contributed by atoms with Crippen LogP contribution < -0.4 is 5.32 Å². The normalized spacial score (nSPS) is 15.2. The van der Waals surface area contributed by atoms with Gasteiger partial charge in [0, 0.05) is 10.7 Å². The minimum Gasteiger partial charge on any atom is -0.480 e. The summed E-state index contributed by atoms with van der Waals surface area (Å²) >= 11 is 3.36. The molecule has 1 heterocycles. The van der Waals surface area contributed by atoms with Gasteiger partial charge in [0.05, 0.1) is 17.4 Å². The summed E-state index contributed by atoms with van der Waals surface area (Å²) in [6, 6.07) is 6.66. The van der Waals surface area contributed by atoms with Gasteiger partial charge in [-0.15, -0.1) is 0 Å². The summed E-state index contributed by atoms with van der Waals surface area (Å²) in [6.07, 6.45) is 5.60. The first-order valence-corrected chi connectivity index (χ1v) is 8.16. The zero-order valence-corrected chi connectivity index (χ0v) is 13.9. The lowest BCUT2D eigenvalue weighted by atomic mass is 10.1. The molecule has 6 nitrogen and oxygen atoms in total. The molecule has 120 valence electrons. The number of amides is 1. The third kappa shape index (κ3) is 3.98. The van der Waals surface area contributed by atoms with Gasteiger partial charge in [-0.25, -0.2) is 9.48 Å². The number of hydrogen-bond donors (Lipinski definition) is 2. The van der Waals surface area contributed by atoms with Crippen LogP contribution in [-0.2, 0) is 4.79 Å². The zero-order chi connectivity index (χ0) is 16.4. The van der Waals surface area contributed by atoms with Gasteiger partial charge in [0.2, 0.25) is 0 Å². The fourth-order valence-electron chi connectivity index (χ4n) is 2.33. The number of nitrogens with one attached hydrogen (secondary N) is 1. The molecule has 0 saturated heterocycles. The summed E-state index contributed by atoms with van der Waals surface area (Å²) in [6.45, 7) is 0. The van der Waals surface area contributed by atoms with E-state index in [4.69, 9.17) is 0 Å². The van der Waals surface area contributed by atoms with Crippen molar-refractivity contribution in [3.8, 4) is 5.69 Å². The lowest BCUT2D eigenvalue weighted by Gasteiger charge is -2.13. The van der Waals surface area contributed by atoms with Gasteiger partial charge >= 0.3 is 5.97 Å². The highest BCUT2D eigenvalue weighted by Gasteiger charge is 2.30. The van der Waals surface area contributed by atoms with E-state index in [0.717, 1.165) is 23.0 Å². The number of carbonyl (C=O) groups is 2. The van der Waals surface area contributed by atoms with Crippen LogP contribution in [-0.4, -0.2) is 32.8 Å². The van der Waals surface area contributed by atoms with E-state index in [1.807, 2.05) is 24.3 Å². The number of carboxylic acid groups (broad SMARTS) is 1. The molecule has 0 aliphatic heterocycles. The molecule has 0 radical (unpaired) electrons. The van der Waals surface area contributed by atoms with E-state index in [-0.39, 0.29) is 0 Å². The van der Waals surface area contributed by atoms with Crippen molar-refractivity contribution in [1.29, 1.82) is 0 Å². The van der Waals surface area contributed by atoms with Crippen LogP contribution in [0.15, 0.2) is 41.1 Å². The number of aromatic nitrogens is 2. The molecule has 1 fully saturated rings. The van der Waals surface area contributed by atoms with E-state index in [0.29, 0.717) is 17.9 Å². The molecule has 0 spiro atoms. The van der Waals surface area contributed by atoms with Gasteiger partial charge in [0.15, 0.2) is 0 Å². The lowest BCUT2D eigenvalue weighted by molar-refractivity contribution is -0.139. The Kier molecular flexibility index (Phi) is 4.47. The summed E-state index contributed by atoms with van der Waals surface area (Å²) in [5, 5.41) is 15.9. The molecule has 2 aromatic rings. The Balaban J connectivity index is 1.69. The second kappa shape index (κ2) is 6.54. The van der Waals surface area contributed by atoms with Gasteiger partial charge in [0.1, 0.15) is 6.04 Å². The molecule has 23 heavy (non-hydrogen) atoms. The van der Waals surface area contributed by atoms with E-state index in [1.165, 1.54) is 6.20 Å². The summed E-state index contributed by atoms with van der Waals surface area (Å²) in [4.78, 5) is 23.5.